The fourth-order valence-electron chi connectivity index (χ4n) is 3.26. The smallest absolute Gasteiger partial charge is 0.260 e. The minimum Gasteiger partial charge on any atom is -0.480 e. The van der Waals surface area contributed by atoms with E-state index in [9.17, 15) is 4.79 Å². The predicted octanol–water partition coefficient (Wildman–Crippen LogP) is 5.48. The highest BCUT2D eigenvalue weighted by atomic mass is 16.5. The number of hydrogen-bond acceptors (Lipinski definition) is 2. The van der Waals surface area contributed by atoms with Crippen LogP contribution in [0.2, 0.25) is 0 Å². The molecule has 0 radical (unpaired) electrons. The number of carbonyl (C=O) groups excluding carboxylic acids is 1. The van der Waals surface area contributed by atoms with E-state index in [-0.39, 0.29) is 5.91 Å². The van der Waals surface area contributed by atoms with Crippen LogP contribution >= 0.6 is 0 Å². The van der Waals surface area contributed by atoms with Gasteiger partial charge >= 0.3 is 0 Å². The summed E-state index contributed by atoms with van der Waals surface area (Å²) in [5.41, 5.74) is 2.66. The van der Waals surface area contributed by atoms with Crippen LogP contribution < -0.4 is 10.1 Å². The summed E-state index contributed by atoms with van der Waals surface area (Å²) in [5.74, 6) is 1.21. The van der Waals surface area contributed by atoms with Crippen LogP contribution in [0.1, 0.15) is 44.2 Å². The van der Waals surface area contributed by atoms with Gasteiger partial charge in [-0.25, -0.2) is 0 Å². The van der Waals surface area contributed by atoms with Gasteiger partial charge in [-0.2, -0.15) is 0 Å². The van der Waals surface area contributed by atoms with Gasteiger partial charge in [-0.05, 0) is 48.3 Å². The molecule has 0 spiro atoms. The molecule has 0 aliphatic carbocycles. The van der Waals surface area contributed by atoms with Gasteiger partial charge in [-0.15, -0.1) is 0 Å². The normalized spacial score (nSPS) is 12.1. The van der Waals surface area contributed by atoms with E-state index in [0.29, 0.717) is 12.5 Å². The number of aryl methyl sites for hydroxylation is 1. The van der Waals surface area contributed by atoms with Crippen molar-refractivity contribution in [2.75, 3.05) is 6.54 Å². The van der Waals surface area contributed by atoms with Crippen molar-refractivity contribution in [3.8, 4) is 5.75 Å². The lowest BCUT2D eigenvalue weighted by molar-refractivity contribution is -0.127. The Balaban J connectivity index is 1.46. The Morgan fingerprint density at radius 3 is 2.39 bits per heavy atom. The van der Waals surface area contributed by atoms with Gasteiger partial charge in [0.2, 0.25) is 0 Å². The third-order valence-corrected chi connectivity index (χ3v) is 5.01. The van der Waals surface area contributed by atoms with Gasteiger partial charge < -0.3 is 10.1 Å². The zero-order valence-electron chi connectivity index (χ0n) is 16.9. The highest BCUT2D eigenvalue weighted by Gasteiger charge is 2.15. The van der Waals surface area contributed by atoms with Crippen molar-refractivity contribution in [2.45, 2.75) is 45.6 Å². The zero-order chi connectivity index (χ0) is 19.9. The second-order valence-corrected chi connectivity index (χ2v) is 7.53. The lowest BCUT2D eigenvalue weighted by Gasteiger charge is -2.16. The SMILES string of the molecule is CC(C)c1ccc(CCCNC(=O)[C@H](C)Oc2cccc3ccccc23)cc1. The summed E-state index contributed by atoms with van der Waals surface area (Å²) >= 11 is 0. The predicted molar refractivity (Wildman–Crippen MR) is 116 cm³/mol. The van der Waals surface area contributed by atoms with Crippen LogP contribution in [0.4, 0.5) is 0 Å². The highest BCUT2D eigenvalue weighted by molar-refractivity contribution is 5.89. The number of hydrogen-bond donors (Lipinski definition) is 1. The second-order valence-electron chi connectivity index (χ2n) is 7.53. The lowest BCUT2D eigenvalue weighted by Crippen LogP contribution is -2.37. The Kier molecular flexibility index (Phi) is 6.70. The van der Waals surface area contributed by atoms with Crippen molar-refractivity contribution in [2.24, 2.45) is 0 Å². The van der Waals surface area contributed by atoms with E-state index in [0.717, 1.165) is 29.4 Å². The molecule has 3 heteroatoms. The molecule has 1 amide bonds. The van der Waals surface area contributed by atoms with Crippen LogP contribution in [0.3, 0.4) is 0 Å². The molecule has 1 N–H and O–H groups in total. The number of benzene rings is 3. The summed E-state index contributed by atoms with van der Waals surface area (Å²) in [6.07, 6.45) is 1.33. The van der Waals surface area contributed by atoms with Crippen LogP contribution in [0, 0.1) is 0 Å². The molecule has 3 aromatic carbocycles. The molecule has 0 aliphatic heterocycles. The molecule has 3 aromatic rings. The zero-order valence-corrected chi connectivity index (χ0v) is 16.9. The molecule has 0 unspecified atom stereocenters. The van der Waals surface area contributed by atoms with E-state index in [4.69, 9.17) is 4.74 Å². The number of carbonyl (C=O) groups is 1. The van der Waals surface area contributed by atoms with E-state index in [1.165, 1.54) is 11.1 Å². The van der Waals surface area contributed by atoms with Crippen LogP contribution in [-0.2, 0) is 11.2 Å². The Hall–Kier alpha value is -2.81. The molecule has 0 aliphatic rings. The van der Waals surface area contributed by atoms with Gasteiger partial charge in [0, 0.05) is 11.9 Å². The number of fused-ring (bicyclic) bond motifs is 1. The van der Waals surface area contributed by atoms with E-state index in [1.54, 1.807) is 6.92 Å². The topological polar surface area (TPSA) is 38.3 Å². The van der Waals surface area contributed by atoms with Crippen molar-refractivity contribution >= 4 is 16.7 Å². The Bertz CT molecular complexity index is 910. The molecule has 0 fully saturated rings. The van der Waals surface area contributed by atoms with Crippen molar-refractivity contribution in [1.82, 2.24) is 5.32 Å². The average molecular weight is 376 g/mol. The molecule has 28 heavy (non-hydrogen) atoms. The van der Waals surface area contributed by atoms with Crippen LogP contribution in [-0.4, -0.2) is 18.6 Å². The maximum atomic E-state index is 12.4. The third-order valence-electron chi connectivity index (χ3n) is 5.01. The minimum atomic E-state index is -0.531. The minimum absolute atomic E-state index is 0.0805. The first-order valence-electron chi connectivity index (χ1n) is 10.1. The Labute approximate surface area is 167 Å². The third kappa shape index (κ3) is 5.13. The molecular weight excluding hydrogens is 346 g/mol. The highest BCUT2D eigenvalue weighted by Crippen LogP contribution is 2.26. The van der Waals surface area contributed by atoms with Gasteiger partial charge in [-0.1, -0.05) is 74.5 Å². The first-order valence-corrected chi connectivity index (χ1v) is 10.1. The largest absolute Gasteiger partial charge is 0.480 e. The van der Waals surface area contributed by atoms with Crippen molar-refractivity contribution in [1.29, 1.82) is 0 Å². The summed E-state index contributed by atoms with van der Waals surface area (Å²) < 4.78 is 5.93. The first-order chi connectivity index (χ1) is 13.5. The second kappa shape index (κ2) is 9.41. The summed E-state index contributed by atoms with van der Waals surface area (Å²) in [6, 6.07) is 22.7. The molecular formula is C25H29NO2. The Morgan fingerprint density at radius 2 is 1.64 bits per heavy atom. The van der Waals surface area contributed by atoms with Gasteiger partial charge in [0.05, 0.1) is 0 Å². The number of amides is 1. The average Bonchev–Trinajstić information content (AvgIpc) is 2.71. The first kappa shape index (κ1) is 19.9. The summed E-state index contributed by atoms with van der Waals surface area (Å²) in [7, 11) is 0. The monoisotopic (exact) mass is 375 g/mol. The van der Waals surface area contributed by atoms with Crippen molar-refractivity contribution < 1.29 is 9.53 Å². The van der Waals surface area contributed by atoms with Crippen LogP contribution in [0.15, 0.2) is 66.7 Å². The fraction of sp³-hybridized carbons (Fsp3) is 0.320. The van der Waals surface area contributed by atoms with Gasteiger partial charge in [0.15, 0.2) is 6.10 Å². The molecule has 0 aromatic heterocycles. The van der Waals surface area contributed by atoms with Gasteiger partial charge in [0.1, 0.15) is 5.75 Å². The van der Waals surface area contributed by atoms with Gasteiger partial charge in [0.25, 0.3) is 5.91 Å². The fourth-order valence-corrected chi connectivity index (χ4v) is 3.26. The molecule has 3 rings (SSSR count). The van der Waals surface area contributed by atoms with E-state index in [1.807, 2.05) is 42.5 Å². The quantitative estimate of drug-likeness (QED) is 0.530. The number of ether oxygens (including phenoxy) is 1. The summed E-state index contributed by atoms with van der Waals surface area (Å²) in [6.45, 7) is 6.84. The van der Waals surface area contributed by atoms with Crippen molar-refractivity contribution in [3.63, 3.8) is 0 Å². The van der Waals surface area contributed by atoms with E-state index < -0.39 is 6.10 Å². The maximum Gasteiger partial charge on any atom is 0.260 e. The van der Waals surface area contributed by atoms with E-state index in [2.05, 4.69) is 43.4 Å². The molecule has 1 atom stereocenters. The number of nitrogens with one attached hydrogen (secondary N) is 1. The van der Waals surface area contributed by atoms with Gasteiger partial charge in [-0.3, -0.25) is 4.79 Å². The lowest BCUT2D eigenvalue weighted by atomic mass is 10.0. The Morgan fingerprint density at radius 1 is 0.929 bits per heavy atom. The molecule has 0 bridgehead atoms. The molecule has 0 saturated carbocycles. The van der Waals surface area contributed by atoms with Crippen molar-refractivity contribution in [3.05, 3.63) is 77.9 Å². The molecule has 146 valence electrons. The molecule has 0 heterocycles. The van der Waals surface area contributed by atoms with E-state index >= 15 is 0 Å². The van der Waals surface area contributed by atoms with Crippen LogP contribution in [0.5, 0.6) is 5.75 Å². The number of rotatable bonds is 8. The van der Waals surface area contributed by atoms with Crippen LogP contribution in [0.25, 0.3) is 10.8 Å². The molecule has 0 saturated heterocycles. The maximum absolute atomic E-state index is 12.4. The standard InChI is InChI=1S/C25H29NO2/c1-18(2)21-15-13-20(14-16-21)8-7-17-26-25(27)19(3)28-24-12-6-10-22-9-4-5-11-23(22)24/h4-6,9-16,18-19H,7-8,17H2,1-3H3,(H,26,27)/t19-/m0/s1. The summed E-state index contributed by atoms with van der Waals surface area (Å²) in [4.78, 5) is 12.4. The summed E-state index contributed by atoms with van der Waals surface area (Å²) in [5, 5.41) is 5.12. The molecule has 3 nitrogen and oxygen atoms in total.